The van der Waals surface area contributed by atoms with Crippen molar-refractivity contribution < 1.29 is 19.1 Å². The molecule has 0 aromatic heterocycles. The Bertz CT molecular complexity index is 737. The third kappa shape index (κ3) is 6.19. The molecule has 4 nitrogen and oxygen atoms in total. The molecule has 0 fully saturated rings. The van der Waals surface area contributed by atoms with E-state index in [1.165, 1.54) is 18.2 Å². The fraction of sp³-hybridized carbons (Fsp3) is 0.263. The van der Waals surface area contributed by atoms with E-state index in [2.05, 4.69) is 0 Å². The quantitative estimate of drug-likeness (QED) is 0.773. The van der Waals surface area contributed by atoms with E-state index < -0.39 is 11.8 Å². The predicted molar refractivity (Wildman–Crippen MR) is 93.8 cm³/mol. The number of rotatable bonds is 8. The zero-order valence-electron chi connectivity index (χ0n) is 13.6. The van der Waals surface area contributed by atoms with Crippen LogP contribution >= 0.6 is 11.6 Å². The van der Waals surface area contributed by atoms with Crippen molar-refractivity contribution in [3.05, 3.63) is 70.5 Å². The minimum atomic E-state index is -0.895. The van der Waals surface area contributed by atoms with Crippen LogP contribution in [0.4, 0.5) is 4.39 Å². The number of carboxylic acid groups (broad SMARTS) is 1. The van der Waals surface area contributed by atoms with Crippen LogP contribution in [0.3, 0.4) is 0 Å². The first-order chi connectivity index (χ1) is 12.0. The summed E-state index contributed by atoms with van der Waals surface area (Å²) in [7, 11) is 0. The molecule has 0 heterocycles. The van der Waals surface area contributed by atoms with Gasteiger partial charge in [-0.2, -0.15) is 0 Å². The Labute approximate surface area is 150 Å². The van der Waals surface area contributed by atoms with Gasteiger partial charge in [0.2, 0.25) is 5.91 Å². The molecule has 132 valence electrons. The fourth-order valence-electron chi connectivity index (χ4n) is 2.46. The van der Waals surface area contributed by atoms with Gasteiger partial charge in [0.25, 0.3) is 0 Å². The normalized spacial score (nSPS) is 10.5. The number of amides is 1. The molecule has 0 saturated heterocycles. The van der Waals surface area contributed by atoms with E-state index >= 15 is 0 Å². The maximum Gasteiger partial charge on any atom is 0.303 e. The molecule has 0 bridgehead atoms. The van der Waals surface area contributed by atoms with Crippen molar-refractivity contribution in [3.8, 4) is 0 Å². The van der Waals surface area contributed by atoms with Gasteiger partial charge >= 0.3 is 5.97 Å². The molecular weight excluding hydrogens is 345 g/mol. The van der Waals surface area contributed by atoms with Gasteiger partial charge in [-0.05, 0) is 29.7 Å². The third-order valence-corrected chi connectivity index (χ3v) is 4.10. The number of carboxylic acids is 1. The zero-order valence-corrected chi connectivity index (χ0v) is 14.4. The summed E-state index contributed by atoms with van der Waals surface area (Å²) >= 11 is 6.00. The monoisotopic (exact) mass is 363 g/mol. The topological polar surface area (TPSA) is 57.6 Å². The van der Waals surface area contributed by atoms with Gasteiger partial charge in [0.05, 0.1) is 6.42 Å². The Morgan fingerprint density at radius 3 is 2.48 bits per heavy atom. The number of hydrogen-bond acceptors (Lipinski definition) is 2. The minimum absolute atomic E-state index is 0.00409. The number of carbonyl (C=O) groups is 2. The van der Waals surface area contributed by atoms with Gasteiger partial charge < -0.3 is 10.0 Å². The Morgan fingerprint density at radius 1 is 1.12 bits per heavy atom. The van der Waals surface area contributed by atoms with Gasteiger partial charge in [0.1, 0.15) is 5.82 Å². The SMILES string of the molecule is O=C(O)CCCN(Cc1ccccc1)C(=O)Cc1ccc(F)cc1Cl. The summed E-state index contributed by atoms with van der Waals surface area (Å²) < 4.78 is 13.1. The Hall–Kier alpha value is -2.40. The molecule has 1 amide bonds. The lowest BCUT2D eigenvalue weighted by Crippen LogP contribution is -2.33. The third-order valence-electron chi connectivity index (χ3n) is 3.74. The summed E-state index contributed by atoms with van der Waals surface area (Å²) in [5.41, 5.74) is 1.50. The number of hydrogen-bond donors (Lipinski definition) is 1. The van der Waals surface area contributed by atoms with Gasteiger partial charge in [0, 0.05) is 24.5 Å². The van der Waals surface area contributed by atoms with Gasteiger partial charge in [-0.1, -0.05) is 48.0 Å². The second-order valence-corrected chi connectivity index (χ2v) is 6.12. The molecule has 0 radical (unpaired) electrons. The average Bonchev–Trinajstić information content (AvgIpc) is 2.57. The Morgan fingerprint density at radius 2 is 1.84 bits per heavy atom. The first-order valence-corrected chi connectivity index (χ1v) is 8.31. The van der Waals surface area contributed by atoms with Gasteiger partial charge in [-0.25, -0.2) is 4.39 Å². The van der Waals surface area contributed by atoms with Crippen molar-refractivity contribution in [2.24, 2.45) is 0 Å². The van der Waals surface area contributed by atoms with Crippen LogP contribution in [-0.4, -0.2) is 28.4 Å². The van der Waals surface area contributed by atoms with Gasteiger partial charge in [0.15, 0.2) is 0 Å². The summed E-state index contributed by atoms with van der Waals surface area (Å²) in [5.74, 6) is -1.53. The molecule has 0 spiro atoms. The van der Waals surface area contributed by atoms with E-state index in [4.69, 9.17) is 16.7 Å². The second kappa shape index (κ2) is 9.18. The van der Waals surface area contributed by atoms with E-state index in [-0.39, 0.29) is 23.8 Å². The molecule has 0 unspecified atom stereocenters. The van der Waals surface area contributed by atoms with Crippen molar-refractivity contribution in [1.29, 1.82) is 0 Å². The molecule has 25 heavy (non-hydrogen) atoms. The lowest BCUT2D eigenvalue weighted by atomic mass is 10.1. The summed E-state index contributed by atoms with van der Waals surface area (Å²) in [6, 6.07) is 13.4. The van der Waals surface area contributed by atoms with Crippen LogP contribution in [0.25, 0.3) is 0 Å². The van der Waals surface area contributed by atoms with Crippen molar-refractivity contribution in [1.82, 2.24) is 4.90 Å². The van der Waals surface area contributed by atoms with E-state index in [0.29, 0.717) is 25.1 Å². The number of nitrogens with zero attached hydrogens (tertiary/aromatic N) is 1. The molecule has 2 aromatic carbocycles. The van der Waals surface area contributed by atoms with E-state index in [1.807, 2.05) is 30.3 Å². The zero-order chi connectivity index (χ0) is 18.2. The second-order valence-electron chi connectivity index (χ2n) is 5.71. The molecule has 6 heteroatoms. The fourth-order valence-corrected chi connectivity index (χ4v) is 2.69. The standard InChI is InChI=1S/C19H19ClFNO3/c20-17-12-16(21)9-8-15(17)11-18(23)22(10-4-7-19(24)25)13-14-5-2-1-3-6-14/h1-3,5-6,8-9,12H,4,7,10-11,13H2,(H,24,25). The maximum absolute atomic E-state index is 13.1. The molecule has 1 N–H and O–H groups in total. The van der Waals surface area contributed by atoms with Crippen molar-refractivity contribution in [3.63, 3.8) is 0 Å². The highest BCUT2D eigenvalue weighted by atomic mass is 35.5. The lowest BCUT2D eigenvalue weighted by Gasteiger charge is -2.23. The van der Waals surface area contributed by atoms with Crippen LogP contribution < -0.4 is 0 Å². The van der Waals surface area contributed by atoms with Crippen LogP contribution in [0.1, 0.15) is 24.0 Å². The van der Waals surface area contributed by atoms with E-state index in [1.54, 1.807) is 4.90 Å². The molecule has 2 aromatic rings. The lowest BCUT2D eigenvalue weighted by molar-refractivity contribution is -0.138. The number of halogens is 2. The van der Waals surface area contributed by atoms with Crippen molar-refractivity contribution in [2.45, 2.75) is 25.8 Å². The number of carbonyl (C=O) groups excluding carboxylic acids is 1. The molecule has 0 atom stereocenters. The minimum Gasteiger partial charge on any atom is -0.481 e. The van der Waals surface area contributed by atoms with Crippen LogP contribution in [-0.2, 0) is 22.6 Å². The van der Waals surface area contributed by atoms with Gasteiger partial charge in [-0.15, -0.1) is 0 Å². The molecule has 2 rings (SSSR count). The van der Waals surface area contributed by atoms with Crippen LogP contribution in [0.2, 0.25) is 5.02 Å². The molecular formula is C19H19ClFNO3. The Balaban J connectivity index is 2.09. The molecule has 0 saturated carbocycles. The van der Waals surface area contributed by atoms with E-state index in [9.17, 15) is 14.0 Å². The highest BCUT2D eigenvalue weighted by molar-refractivity contribution is 6.31. The summed E-state index contributed by atoms with van der Waals surface area (Å²) in [6.45, 7) is 0.719. The van der Waals surface area contributed by atoms with Crippen molar-refractivity contribution >= 4 is 23.5 Å². The predicted octanol–water partition coefficient (Wildman–Crippen LogP) is 3.92. The average molecular weight is 364 g/mol. The first-order valence-electron chi connectivity index (χ1n) is 7.93. The van der Waals surface area contributed by atoms with Gasteiger partial charge in [-0.3, -0.25) is 9.59 Å². The highest BCUT2D eigenvalue weighted by Crippen LogP contribution is 2.19. The smallest absolute Gasteiger partial charge is 0.303 e. The number of aliphatic carboxylic acids is 1. The summed E-state index contributed by atoms with van der Waals surface area (Å²) in [4.78, 5) is 25.0. The summed E-state index contributed by atoms with van der Waals surface area (Å²) in [5, 5.41) is 9.00. The van der Waals surface area contributed by atoms with Crippen molar-refractivity contribution in [2.75, 3.05) is 6.54 Å². The maximum atomic E-state index is 13.1. The Kier molecular flexibility index (Phi) is 6.95. The molecule has 0 aliphatic heterocycles. The van der Waals surface area contributed by atoms with Crippen LogP contribution in [0, 0.1) is 5.82 Å². The van der Waals surface area contributed by atoms with Crippen LogP contribution in [0.5, 0.6) is 0 Å². The van der Waals surface area contributed by atoms with Crippen LogP contribution in [0.15, 0.2) is 48.5 Å². The number of benzene rings is 2. The highest BCUT2D eigenvalue weighted by Gasteiger charge is 2.16. The molecule has 0 aliphatic carbocycles. The first kappa shape index (κ1) is 18.9. The largest absolute Gasteiger partial charge is 0.481 e. The van der Waals surface area contributed by atoms with E-state index in [0.717, 1.165) is 5.56 Å². The molecule has 0 aliphatic rings. The summed E-state index contributed by atoms with van der Waals surface area (Å²) in [6.07, 6.45) is 0.403.